The fraction of sp³-hybridized carbons (Fsp3) is 0.385. The number of nitrogens with two attached hydrogens (primary N) is 1. The Kier molecular flexibility index (Phi) is 4.34. The van der Waals surface area contributed by atoms with Crippen molar-refractivity contribution in [2.24, 2.45) is 5.73 Å². The molecule has 0 spiro atoms. The Labute approximate surface area is 115 Å². The lowest BCUT2D eigenvalue weighted by molar-refractivity contribution is 0.0950. The van der Waals surface area contributed by atoms with Gasteiger partial charge in [-0.25, -0.2) is 4.98 Å². The minimum atomic E-state index is -0.176. The Morgan fingerprint density at radius 3 is 2.95 bits per heavy atom. The van der Waals surface area contributed by atoms with E-state index >= 15 is 0 Å². The average molecular weight is 279 g/mol. The molecule has 0 bridgehead atoms. The fourth-order valence-electron chi connectivity index (χ4n) is 1.54. The number of nitrogens with one attached hydrogen (secondary N) is 1. The van der Waals surface area contributed by atoms with Crippen LogP contribution in [0.3, 0.4) is 0 Å². The van der Waals surface area contributed by atoms with Crippen molar-refractivity contribution >= 4 is 17.2 Å². The van der Waals surface area contributed by atoms with Crippen LogP contribution in [-0.4, -0.2) is 10.9 Å². The van der Waals surface area contributed by atoms with Crippen LogP contribution in [0.1, 0.15) is 46.6 Å². The first-order valence-corrected chi connectivity index (χ1v) is 6.98. The lowest BCUT2D eigenvalue weighted by Gasteiger charge is -2.00. The van der Waals surface area contributed by atoms with Gasteiger partial charge in [-0.05, 0) is 12.0 Å². The van der Waals surface area contributed by atoms with Crippen molar-refractivity contribution in [2.45, 2.75) is 32.9 Å². The van der Waals surface area contributed by atoms with Gasteiger partial charge >= 0.3 is 0 Å². The van der Waals surface area contributed by atoms with Gasteiger partial charge in [0, 0.05) is 5.38 Å². The molecule has 0 aliphatic rings. The molecule has 0 aliphatic carbocycles. The summed E-state index contributed by atoms with van der Waals surface area (Å²) in [5, 5.41) is 5.74. The molecular formula is C13H17N3O2S. The standard InChI is InChI=1S/C13H17N3O2S/c1-8(2)11-7-19-12(16-11)5-15-13(17)9-3-10(4-14)18-6-9/h3,6-8H,4-5,14H2,1-2H3,(H,15,17). The van der Waals surface area contributed by atoms with E-state index in [1.54, 1.807) is 17.4 Å². The Morgan fingerprint density at radius 1 is 1.58 bits per heavy atom. The number of carbonyl (C=O) groups is 1. The summed E-state index contributed by atoms with van der Waals surface area (Å²) in [6.45, 7) is 4.91. The Bertz CT molecular complexity index is 560. The quantitative estimate of drug-likeness (QED) is 0.879. The second-order valence-corrected chi connectivity index (χ2v) is 5.45. The van der Waals surface area contributed by atoms with Gasteiger partial charge in [0.05, 0.1) is 24.3 Å². The van der Waals surface area contributed by atoms with Gasteiger partial charge < -0.3 is 15.5 Å². The van der Waals surface area contributed by atoms with Crippen LogP contribution in [0.15, 0.2) is 22.1 Å². The zero-order chi connectivity index (χ0) is 13.8. The van der Waals surface area contributed by atoms with Gasteiger partial charge in [0.25, 0.3) is 5.91 Å². The van der Waals surface area contributed by atoms with Crippen LogP contribution in [-0.2, 0) is 13.1 Å². The fourth-order valence-corrected chi connectivity index (χ4v) is 2.43. The van der Waals surface area contributed by atoms with E-state index in [1.807, 2.05) is 5.38 Å². The highest BCUT2D eigenvalue weighted by Crippen LogP contribution is 2.17. The van der Waals surface area contributed by atoms with Crippen molar-refractivity contribution in [3.05, 3.63) is 39.7 Å². The van der Waals surface area contributed by atoms with Crippen molar-refractivity contribution in [1.82, 2.24) is 10.3 Å². The third kappa shape index (κ3) is 3.42. The SMILES string of the molecule is CC(C)c1csc(CNC(=O)c2coc(CN)c2)n1. The summed E-state index contributed by atoms with van der Waals surface area (Å²) in [5.41, 5.74) is 6.97. The van der Waals surface area contributed by atoms with Gasteiger partial charge in [-0.15, -0.1) is 11.3 Å². The van der Waals surface area contributed by atoms with Crippen molar-refractivity contribution in [3.8, 4) is 0 Å². The Morgan fingerprint density at radius 2 is 2.37 bits per heavy atom. The minimum Gasteiger partial charge on any atom is -0.467 e. The average Bonchev–Trinajstić information content (AvgIpc) is 3.04. The number of rotatable bonds is 5. The predicted octanol–water partition coefficient (Wildman–Crippen LogP) is 2.25. The molecule has 0 aliphatic heterocycles. The van der Waals surface area contributed by atoms with E-state index in [1.165, 1.54) is 6.26 Å². The first kappa shape index (κ1) is 13.8. The van der Waals surface area contributed by atoms with E-state index < -0.39 is 0 Å². The van der Waals surface area contributed by atoms with Crippen LogP contribution in [0.4, 0.5) is 0 Å². The number of hydrogen-bond donors (Lipinski definition) is 2. The number of hydrogen-bond acceptors (Lipinski definition) is 5. The van der Waals surface area contributed by atoms with Crippen LogP contribution < -0.4 is 11.1 Å². The van der Waals surface area contributed by atoms with Crippen molar-refractivity contribution in [1.29, 1.82) is 0 Å². The molecule has 2 aromatic rings. The van der Waals surface area contributed by atoms with Crippen molar-refractivity contribution in [3.63, 3.8) is 0 Å². The van der Waals surface area contributed by atoms with Crippen molar-refractivity contribution < 1.29 is 9.21 Å². The van der Waals surface area contributed by atoms with E-state index in [-0.39, 0.29) is 12.5 Å². The van der Waals surface area contributed by atoms with E-state index in [0.717, 1.165) is 10.7 Å². The second kappa shape index (κ2) is 5.99. The number of carbonyl (C=O) groups excluding carboxylic acids is 1. The monoisotopic (exact) mass is 279 g/mol. The summed E-state index contributed by atoms with van der Waals surface area (Å²) in [6, 6.07) is 1.65. The van der Waals surface area contributed by atoms with Gasteiger partial charge in [-0.3, -0.25) is 4.79 Å². The molecule has 2 heterocycles. The second-order valence-electron chi connectivity index (χ2n) is 4.51. The summed E-state index contributed by atoms with van der Waals surface area (Å²) in [4.78, 5) is 16.3. The van der Waals surface area contributed by atoms with Crippen LogP contribution in [0, 0.1) is 0 Å². The van der Waals surface area contributed by atoms with Crippen LogP contribution in [0.2, 0.25) is 0 Å². The largest absolute Gasteiger partial charge is 0.467 e. The highest BCUT2D eigenvalue weighted by molar-refractivity contribution is 7.09. The molecule has 0 aromatic carbocycles. The third-order valence-electron chi connectivity index (χ3n) is 2.68. The number of furan rings is 1. The summed E-state index contributed by atoms with van der Waals surface area (Å²) in [5.74, 6) is 0.827. The molecule has 2 rings (SSSR count). The summed E-state index contributed by atoms with van der Waals surface area (Å²) in [7, 11) is 0. The maximum absolute atomic E-state index is 11.9. The summed E-state index contributed by atoms with van der Waals surface area (Å²) in [6.07, 6.45) is 1.42. The van der Waals surface area contributed by atoms with E-state index in [0.29, 0.717) is 23.8 Å². The number of aromatic nitrogens is 1. The number of amides is 1. The normalized spacial score (nSPS) is 10.9. The smallest absolute Gasteiger partial charge is 0.254 e. The van der Waals surface area contributed by atoms with E-state index in [2.05, 4.69) is 24.1 Å². The molecule has 2 aromatic heterocycles. The first-order chi connectivity index (χ1) is 9.10. The van der Waals surface area contributed by atoms with Crippen LogP contribution in [0.25, 0.3) is 0 Å². The van der Waals surface area contributed by atoms with E-state index in [4.69, 9.17) is 10.2 Å². The molecule has 0 atom stereocenters. The van der Waals surface area contributed by atoms with Crippen LogP contribution in [0.5, 0.6) is 0 Å². The molecule has 19 heavy (non-hydrogen) atoms. The van der Waals surface area contributed by atoms with Gasteiger partial charge in [-0.1, -0.05) is 13.8 Å². The third-order valence-corrected chi connectivity index (χ3v) is 3.55. The molecule has 0 unspecified atom stereocenters. The molecule has 102 valence electrons. The molecule has 0 radical (unpaired) electrons. The highest BCUT2D eigenvalue weighted by atomic mass is 32.1. The zero-order valence-corrected chi connectivity index (χ0v) is 11.8. The lowest BCUT2D eigenvalue weighted by atomic mass is 10.2. The number of thiazole rings is 1. The molecule has 0 saturated heterocycles. The zero-order valence-electron chi connectivity index (χ0n) is 11.0. The molecule has 3 N–H and O–H groups in total. The minimum absolute atomic E-state index is 0.176. The lowest BCUT2D eigenvalue weighted by Crippen LogP contribution is -2.22. The molecule has 5 nitrogen and oxygen atoms in total. The van der Waals surface area contributed by atoms with Gasteiger partial charge in [0.15, 0.2) is 0 Å². The summed E-state index contributed by atoms with van der Waals surface area (Å²) < 4.78 is 5.12. The molecule has 6 heteroatoms. The predicted molar refractivity (Wildman–Crippen MR) is 74.0 cm³/mol. The van der Waals surface area contributed by atoms with Gasteiger partial charge in [0.2, 0.25) is 0 Å². The summed E-state index contributed by atoms with van der Waals surface area (Å²) >= 11 is 1.56. The van der Waals surface area contributed by atoms with Crippen molar-refractivity contribution in [2.75, 3.05) is 0 Å². The Hall–Kier alpha value is -1.66. The molecule has 0 saturated carbocycles. The number of nitrogens with zero attached hydrogens (tertiary/aromatic N) is 1. The maximum atomic E-state index is 11.9. The Balaban J connectivity index is 1.92. The highest BCUT2D eigenvalue weighted by Gasteiger charge is 2.11. The van der Waals surface area contributed by atoms with E-state index in [9.17, 15) is 4.79 Å². The van der Waals surface area contributed by atoms with Crippen LogP contribution >= 0.6 is 11.3 Å². The van der Waals surface area contributed by atoms with Gasteiger partial charge in [-0.2, -0.15) is 0 Å². The first-order valence-electron chi connectivity index (χ1n) is 6.10. The topological polar surface area (TPSA) is 81.2 Å². The molecule has 0 fully saturated rings. The molecule has 1 amide bonds. The maximum Gasteiger partial charge on any atom is 0.254 e. The van der Waals surface area contributed by atoms with Gasteiger partial charge in [0.1, 0.15) is 17.0 Å². The molecular weight excluding hydrogens is 262 g/mol.